The molecule has 0 amide bonds. The number of ether oxygens (including phenoxy) is 2. The predicted molar refractivity (Wildman–Crippen MR) is 68.1 cm³/mol. The van der Waals surface area contributed by atoms with Crippen LogP contribution in [-0.4, -0.2) is 31.9 Å². The first-order valence-corrected chi connectivity index (χ1v) is 6.71. The number of hydrogen-bond donors (Lipinski definition) is 0. The molecular weight excluding hydrogens is 236 g/mol. The van der Waals surface area contributed by atoms with Crippen molar-refractivity contribution in [1.29, 1.82) is 0 Å². The van der Waals surface area contributed by atoms with Crippen molar-refractivity contribution in [3.8, 4) is 5.75 Å². The minimum Gasteiger partial charge on any atom is -0.493 e. The molecular formula is C13H16O3S. The van der Waals surface area contributed by atoms with Gasteiger partial charge in [0.1, 0.15) is 5.75 Å². The average Bonchev–Trinajstić information content (AvgIpc) is 2.35. The van der Waals surface area contributed by atoms with E-state index >= 15 is 0 Å². The van der Waals surface area contributed by atoms with Crippen LogP contribution in [0.2, 0.25) is 0 Å². The smallest absolute Gasteiger partial charge is 0.164 e. The van der Waals surface area contributed by atoms with E-state index in [1.807, 2.05) is 18.2 Å². The SMILES string of the molecule is COCCCOc1ccc2c(c1)SCCC2=O. The summed E-state index contributed by atoms with van der Waals surface area (Å²) in [5, 5.41) is 0. The van der Waals surface area contributed by atoms with E-state index < -0.39 is 0 Å². The monoisotopic (exact) mass is 252 g/mol. The number of thioether (sulfide) groups is 1. The Morgan fingerprint density at radius 2 is 2.24 bits per heavy atom. The Balaban J connectivity index is 1.98. The molecule has 0 spiro atoms. The van der Waals surface area contributed by atoms with E-state index in [2.05, 4.69) is 0 Å². The van der Waals surface area contributed by atoms with Gasteiger partial charge in [0.2, 0.25) is 0 Å². The summed E-state index contributed by atoms with van der Waals surface area (Å²) in [6.07, 6.45) is 1.52. The second-order valence-electron chi connectivity index (χ2n) is 3.87. The second kappa shape index (κ2) is 6.07. The van der Waals surface area contributed by atoms with Crippen LogP contribution in [0.25, 0.3) is 0 Å². The molecule has 4 heteroatoms. The summed E-state index contributed by atoms with van der Waals surface area (Å²) in [6, 6.07) is 5.70. The highest BCUT2D eigenvalue weighted by Gasteiger charge is 2.17. The number of ketones is 1. The zero-order chi connectivity index (χ0) is 12.1. The van der Waals surface area contributed by atoms with Crippen LogP contribution in [0.1, 0.15) is 23.2 Å². The van der Waals surface area contributed by atoms with Gasteiger partial charge in [-0.1, -0.05) is 0 Å². The lowest BCUT2D eigenvalue weighted by molar-refractivity contribution is 0.0984. The van der Waals surface area contributed by atoms with Gasteiger partial charge in [-0.15, -0.1) is 11.8 Å². The number of hydrogen-bond acceptors (Lipinski definition) is 4. The van der Waals surface area contributed by atoms with Gasteiger partial charge in [-0.3, -0.25) is 4.79 Å². The summed E-state index contributed by atoms with van der Waals surface area (Å²) < 4.78 is 10.6. The number of methoxy groups -OCH3 is 1. The van der Waals surface area contributed by atoms with E-state index in [4.69, 9.17) is 9.47 Å². The number of Topliss-reactive ketones (excluding diaryl/α,β-unsaturated/α-hetero) is 1. The van der Waals surface area contributed by atoms with Crippen molar-refractivity contribution in [3.63, 3.8) is 0 Å². The van der Waals surface area contributed by atoms with Crippen molar-refractivity contribution in [2.75, 3.05) is 26.1 Å². The van der Waals surface area contributed by atoms with E-state index in [-0.39, 0.29) is 5.78 Å². The molecule has 1 aliphatic rings. The Hall–Kier alpha value is -1.00. The van der Waals surface area contributed by atoms with Gasteiger partial charge in [0.25, 0.3) is 0 Å². The molecule has 0 atom stereocenters. The van der Waals surface area contributed by atoms with Crippen LogP contribution in [-0.2, 0) is 4.74 Å². The normalized spacial score (nSPS) is 14.5. The molecule has 0 radical (unpaired) electrons. The van der Waals surface area contributed by atoms with Crippen molar-refractivity contribution in [1.82, 2.24) is 0 Å². The summed E-state index contributed by atoms with van der Waals surface area (Å²) >= 11 is 1.72. The molecule has 0 unspecified atom stereocenters. The molecule has 1 aromatic rings. The second-order valence-corrected chi connectivity index (χ2v) is 5.01. The Morgan fingerprint density at radius 1 is 1.35 bits per heavy atom. The van der Waals surface area contributed by atoms with E-state index in [9.17, 15) is 4.79 Å². The van der Waals surface area contributed by atoms with E-state index in [0.717, 1.165) is 28.4 Å². The molecule has 0 aromatic heterocycles. The van der Waals surface area contributed by atoms with E-state index in [1.54, 1.807) is 18.9 Å². The summed E-state index contributed by atoms with van der Waals surface area (Å²) in [7, 11) is 1.68. The van der Waals surface area contributed by atoms with Gasteiger partial charge in [0, 0.05) is 42.8 Å². The fourth-order valence-electron chi connectivity index (χ4n) is 1.72. The van der Waals surface area contributed by atoms with E-state index in [0.29, 0.717) is 19.6 Å². The van der Waals surface area contributed by atoms with Gasteiger partial charge >= 0.3 is 0 Å². The molecule has 0 bridgehead atoms. The molecule has 0 fully saturated rings. The number of carbonyl (C=O) groups is 1. The van der Waals surface area contributed by atoms with Gasteiger partial charge < -0.3 is 9.47 Å². The standard InChI is InChI=1S/C13H16O3S/c1-15-6-2-7-16-10-3-4-11-12(14)5-8-17-13(11)9-10/h3-4,9H,2,5-8H2,1H3. The molecule has 1 aromatic carbocycles. The van der Waals surface area contributed by atoms with Crippen LogP contribution >= 0.6 is 11.8 Å². The first kappa shape index (κ1) is 12.5. The molecule has 1 aliphatic heterocycles. The lowest BCUT2D eigenvalue weighted by atomic mass is 10.1. The number of fused-ring (bicyclic) bond motifs is 1. The van der Waals surface area contributed by atoms with E-state index in [1.165, 1.54) is 0 Å². The maximum atomic E-state index is 11.6. The molecule has 0 saturated heterocycles. The van der Waals surface area contributed by atoms with Crippen molar-refractivity contribution in [2.45, 2.75) is 17.7 Å². The third-order valence-electron chi connectivity index (χ3n) is 2.60. The van der Waals surface area contributed by atoms with Crippen LogP contribution in [0.15, 0.2) is 23.1 Å². The van der Waals surface area contributed by atoms with Gasteiger partial charge in [-0.05, 0) is 18.2 Å². The van der Waals surface area contributed by atoms with Gasteiger partial charge in [0.05, 0.1) is 6.61 Å². The van der Waals surface area contributed by atoms with Crippen molar-refractivity contribution in [2.24, 2.45) is 0 Å². The Kier molecular flexibility index (Phi) is 4.45. The molecule has 0 N–H and O–H groups in total. The highest BCUT2D eigenvalue weighted by Crippen LogP contribution is 2.32. The third-order valence-corrected chi connectivity index (χ3v) is 3.66. The topological polar surface area (TPSA) is 35.5 Å². The fraction of sp³-hybridized carbons (Fsp3) is 0.462. The summed E-state index contributed by atoms with van der Waals surface area (Å²) in [6.45, 7) is 1.35. The average molecular weight is 252 g/mol. The summed E-state index contributed by atoms with van der Waals surface area (Å²) in [5.74, 6) is 1.95. The number of rotatable bonds is 5. The Labute approximate surface area is 105 Å². The van der Waals surface area contributed by atoms with Crippen molar-refractivity contribution < 1.29 is 14.3 Å². The largest absolute Gasteiger partial charge is 0.493 e. The highest BCUT2D eigenvalue weighted by atomic mass is 32.2. The lowest BCUT2D eigenvalue weighted by Gasteiger charge is -2.15. The molecule has 0 saturated carbocycles. The molecule has 3 nitrogen and oxygen atoms in total. The fourth-order valence-corrected chi connectivity index (χ4v) is 2.77. The zero-order valence-electron chi connectivity index (χ0n) is 9.90. The Bertz CT molecular complexity index is 404. The molecule has 1 heterocycles. The molecule has 0 aliphatic carbocycles. The number of benzene rings is 1. The summed E-state index contributed by atoms with van der Waals surface area (Å²) in [4.78, 5) is 12.7. The van der Waals surface area contributed by atoms with Crippen molar-refractivity contribution in [3.05, 3.63) is 23.8 Å². The lowest BCUT2D eigenvalue weighted by Crippen LogP contribution is -2.08. The molecule has 92 valence electrons. The molecule has 2 rings (SSSR count). The first-order valence-electron chi connectivity index (χ1n) is 5.73. The minimum absolute atomic E-state index is 0.240. The number of carbonyl (C=O) groups excluding carboxylic acids is 1. The first-order chi connectivity index (χ1) is 8.31. The van der Waals surface area contributed by atoms with Gasteiger partial charge in [-0.25, -0.2) is 0 Å². The van der Waals surface area contributed by atoms with Gasteiger partial charge in [0.15, 0.2) is 5.78 Å². The van der Waals surface area contributed by atoms with Crippen LogP contribution in [0.3, 0.4) is 0 Å². The van der Waals surface area contributed by atoms with Crippen LogP contribution < -0.4 is 4.74 Å². The van der Waals surface area contributed by atoms with Crippen molar-refractivity contribution >= 4 is 17.5 Å². The Morgan fingerprint density at radius 3 is 3.06 bits per heavy atom. The third kappa shape index (κ3) is 3.23. The predicted octanol–water partition coefficient (Wildman–Crippen LogP) is 2.78. The van der Waals surface area contributed by atoms with Gasteiger partial charge in [-0.2, -0.15) is 0 Å². The molecule has 17 heavy (non-hydrogen) atoms. The van der Waals surface area contributed by atoms with Crippen LogP contribution in [0.5, 0.6) is 5.75 Å². The van der Waals surface area contributed by atoms with Crippen LogP contribution in [0.4, 0.5) is 0 Å². The van der Waals surface area contributed by atoms with Crippen LogP contribution in [0, 0.1) is 0 Å². The maximum absolute atomic E-state index is 11.6. The quantitative estimate of drug-likeness (QED) is 0.755. The summed E-state index contributed by atoms with van der Waals surface area (Å²) in [5.41, 5.74) is 0.838. The highest BCUT2D eigenvalue weighted by molar-refractivity contribution is 7.99. The maximum Gasteiger partial charge on any atom is 0.164 e. The zero-order valence-corrected chi connectivity index (χ0v) is 10.7. The minimum atomic E-state index is 0.240.